The molecular formula is C13H15N5O. The van der Waals surface area contributed by atoms with Crippen molar-refractivity contribution in [2.45, 2.75) is 6.54 Å². The standard InChI is InChI=1S/C13H15N5O/c1-19-10-4-2-9(3-5-10)8-18-13-11(12(14)15)16-6-7-17-13/h2-7H,8H2,1H3,(H3,14,15)(H,17,18). The van der Waals surface area contributed by atoms with Crippen LogP contribution in [-0.2, 0) is 6.54 Å². The first kappa shape index (κ1) is 12.8. The molecule has 19 heavy (non-hydrogen) atoms. The molecule has 1 heterocycles. The van der Waals surface area contributed by atoms with Gasteiger partial charge in [0.25, 0.3) is 0 Å². The van der Waals surface area contributed by atoms with Crippen molar-refractivity contribution in [3.05, 3.63) is 47.9 Å². The van der Waals surface area contributed by atoms with Gasteiger partial charge in [-0.2, -0.15) is 0 Å². The first-order chi connectivity index (χ1) is 9.20. The quantitative estimate of drug-likeness (QED) is 0.555. The average Bonchev–Trinajstić information content (AvgIpc) is 2.46. The van der Waals surface area contributed by atoms with Gasteiger partial charge in [0.15, 0.2) is 5.82 Å². The molecule has 0 bridgehead atoms. The van der Waals surface area contributed by atoms with Gasteiger partial charge in [-0.05, 0) is 17.7 Å². The maximum atomic E-state index is 7.43. The highest BCUT2D eigenvalue weighted by atomic mass is 16.5. The topological polar surface area (TPSA) is 96.9 Å². The number of amidine groups is 1. The number of hydrogen-bond donors (Lipinski definition) is 3. The van der Waals surface area contributed by atoms with Crippen molar-refractivity contribution in [2.24, 2.45) is 5.73 Å². The maximum absolute atomic E-state index is 7.43. The highest BCUT2D eigenvalue weighted by Gasteiger charge is 2.07. The number of aromatic nitrogens is 2. The smallest absolute Gasteiger partial charge is 0.156 e. The van der Waals surface area contributed by atoms with E-state index in [0.29, 0.717) is 18.1 Å². The lowest BCUT2D eigenvalue weighted by atomic mass is 10.2. The molecule has 6 heteroatoms. The van der Waals surface area contributed by atoms with Crippen LogP contribution < -0.4 is 15.8 Å². The average molecular weight is 257 g/mol. The normalized spacial score (nSPS) is 9.95. The van der Waals surface area contributed by atoms with Crippen molar-refractivity contribution in [2.75, 3.05) is 12.4 Å². The molecule has 1 aromatic heterocycles. The van der Waals surface area contributed by atoms with Crippen LogP contribution in [0.25, 0.3) is 0 Å². The summed E-state index contributed by atoms with van der Waals surface area (Å²) >= 11 is 0. The van der Waals surface area contributed by atoms with E-state index in [1.54, 1.807) is 13.3 Å². The number of hydrogen-bond acceptors (Lipinski definition) is 5. The SMILES string of the molecule is COc1ccc(CNc2nccnc2C(=N)N)cc1. The van der Waals surface area contributed by atoms with Gasteiger partial charge >= 0.3 is 0 Å². The zero-order valence-corrected chi connectivity index (χ0v) is 10.6. The Hall–Kier alpha value is -2.63. The van der Waals surface area contributed by atoms with Gasteiger partial charge in [0.05, 0.1) is 7.11 Å². The summed E-state index contributed by atoms with van der Waals surface area (Å²) in [5.41, 5.74) is 6.87. The molecule has 0 saturated carbocycles. The molecule has 0 radical (unpaired) electrons. The second-order valence-electron chi connectivity index (χ2n) is 3.87. The van der Waals surface area contributed by atoms with Crippen LogP contribution >= 0.6 is 0 Å². The fourth-order valence-corrected chi connectivity index (χ4v) is 1.59. The van der Waals surface area contributed by atoms with Gasteiger partial charge in [-0.1, -0.05) is 12.1 Å². The highest BCUT2D eigenvalue weighted by Crippen LogP contribution is 2.13. The second kappa shape index (κ2) is 5.81. The van der Waals surface area contributed by atoms with E-state index in [4.69, 9.17) is 15.9 Å². The Morgan fingerprint density at radius 2 is 1.95 bits per heavy atom. The highest BCUT2D eigenvalue weighted by molar-refractivity contribution is 5.97. The van der Waals surface area contributed by atoms with Crippen LogP contribution in [-0.4, -0.2) is 22.9 Å². The molecule has 0 fully saturated rings. The van der Waals surface area contributed by atoms with Crippen LogP contribution in [0, 0.1) is 5.41 Å². The van der Waals surface area contributed by atoms with Crippen molar-refractivity contribution in [1.82, 2.24) is 9.97 Å². The Kier molecular flexibility index (Phi) is 3.92. The summed E-state index contributed by atoms with van der Waals surface area (Å²) < 4.78 is 5.10. The molecule has 1 aromatic carbocycles. The lowest BCUT2D eigenvalue weighted by molar-refractivity contribution is 0.414. The maximum Gasteiger partial charge on any atom is 0.156 e. The summed E-state index contributed by atoms with van der Waals surface area (Å²) in [6.45, 7) is 0.572. The molecular weight excluding hydrogens is 242 g/mol. The van der Waals surface area contributed by atoms with Gasteiger partial charge in [0.1, 0.15) is 17.3 Å². The molecule has 2 rings (SSSR count). The van der Waals surface area contributed by atoms with Crippen molar-refractivity contribution in [3.63, 3.8) is 0 Å². The van der Waals surface area contributed by atoms with Crippen LogP contribution in [0.15, 0.2) is 36.7 Å². The number of nitrogen functional groups attached to an aromatic ring is 1. The zero-order valence-electron chi connectivity index (χ0n) is 10.6. The Labute approximate surface area is 111 Å². The molecule has 0 amide bonds. The molecule has 4 N–H and O–H groups in total. The van der Waals surface area contributed by atoms with Gasteiger partial charge < -0.3 is 15.8 Å². The Bertz CT molecular complexity index is 568. The molecule has 0 atom stereocenters. The van der Waals surface area contributed by atoms with Crippen LogP contribution in [0.2, 0.25) is 0 Å². The molecule has 0 spiro atoms. The van der Waals surface area contributed by atoms with Crippen LogP contribution in [0.5, 0.6) is 5.75 Å². The van der Waals surface area contributed by atoms with E-state index in [9.17, 15) is 0 Å². The van der Waals surface area contributed by atoms with Crippen LogP contribution in [0.3, 0.4) is 0 Å². The summed E-state index contributed by atoms with van der Waals surface area (Å²) in [6.07, 6.45) is 3.07. The molecule has 0 aliphatic heterocycles. The number of ether oxygens (including phenoxy) is 1. The third-order valence-electron chi connectivity index (χ3n) is 2.57. The number of anilines is 1. The van der Waals surface area contributed by atoms with Crippen LogP contribution in [0.1, 0.15) is 11.3 Å². The van der Waals surface area contributed by atoms with Crippen molar-refractivity contribution in [1.29, 1.82) is 5.41 Å². The van der Waals surface area contributed by atoms with Gasteiger partial charge in [-0.15, -0.1) is 0 Å². The van der Waals surface area contributed by atoms with Crippen molar-refractivity contribution >= 4 is 11.7 Å². The molecule has 6 nitrogen and oxygen atoms in total. The summed E-state index contributed by atoms with van der Waals surface area (Å²) in [5, 5.41) is 10.5. The second-order valence-corrected chi connectivity index (χ2v) is 3.87. The van der Waals surface area contributed by atoms with E-state index in [1.165, 1.54) is 6.20 Å². The van der Waals surface area contributed by atoms with Gasteiger partial charge in [-0.3, -0.25) is 5.41 Å². The monoisotopic (exact) mass is 257 g/mol. The lowest BCUT2D eigenvalue weighted by Gasteiger charge is -2.09. The first-order valence-electron chi connectivity index (χ1n) is 5.73. The molecule has 0 saturated heterocycles. The largest absolute Gasteiger partial charge is 0.497 e. The van der Waals surface area contributed by atoms with E-state index in [1.807, 2.05) is 24.3 Å². The number of nitrogens with zero attached hydrogens (tertiary/aromatic N) is 2. The minimum Gasteiger partial charge on any atom is -0.497 e. The summed E-state index contributed by atoms with van der Waals surface area (Å²) in [4.78, 5) is 8.15. The molecule has 0 aliphatic rings. The third-order valence-corrected chi connectivity index (χ3v) is 2.57. The van der Waals surface area contributed by atoms with Crippen LogP contribution in [0.4, 0.5) is 5.82 Å². The predicted octanol–water partition coefficient (Wildman–Crippen LogP) is 1.38. The first-order valence-corrected chi connectivity index (χ1v) is 5.73. The Balaban J connectivity index is 2.07. The van der Waals surface area contributed by atoms with E-state index in [0.717, 1.165) is 11.3 Å². The number of methoxy groups -OCH3 is 1. The summed E-state index contributed by atoms with van der Waals surface area (Å²) in [5.74, 6) is 1.21. The molecule has 0 aliphatic carbocycles. The molecule has 0 unspecified atom stereocenters. The minimum absolute atomic E-state index is 0.106. The van der Waals surface area contributed by atoms with Gasteiger partial charge in [0.2, 0.25) is 0 Å². The molecule has 98 valence electrons. The molecule has 2 aromatic rings. The number of rotatable bonds is 5. The fraction of sp³-hybridized carbons (Fsp3) is 0.154. The van der Waals surface area contributed by atoms with Gasteiger partial charge in [0, 0.05) is 18.9 Å². The summed E-state index contributed by atoms with van der Waals surface area (Å²) in [7, 11) is 1.63. The van der Waals surface area contributed by atoms with Crippen molar-refractivity contribution < 1.29 is 4.74 Å². The van der Waals surface area contributed by atoms with E-state index in [-0.39, 0.29) is 5.84 Å². The third kappa shape index (κ3) is 3.19. The van der Waals surface area contributed by atoms with E-state index >= 15 is 0 Å². The Morgan fingerprint density at radius 3 is 2.58 bits per heavy atom. The van der Waals surface area contributed by atoms with E-state index in [2.05, 4.69) is 15.3 Å². The summed E-state index contributed by atoms with van der Waals surface area (Å²) in [6, 6.07) is 7.68. The minimum atomic E-state index is -0.106. The number of benzene rings is 1. The fourth-order valence-electron chi connectivity index (χ4n) is 1.59. The lowest BCUT2D eigenvalue weighted by Crippen LogP contribution is -2.17. The zero-order chi connectivity index (χ0) is 13.7. The number of nitrogens with two attached hydrogens (primary N) is 1. The predicted molar refractivity (Wildman–Crippen MR) is 73.4 cm³/mol. The Morgan fingerprint density at radius 1 is 1.26 bits per heavy atom. The van der Waals surface area contributed by atoms with E-state index < -0.39 is 0 Å². The van der Waals surface area contributed by atoms with Gasteiger partial charge in [-0.25, -0.2) is 9.97 Å². The van der Waals surface area contributed by atoms with Crippen molar-refractivity contribution in [3.8, 4) is 5.75 Å². The number of nitrogens with one attached hydrogen (secondary N) is 2.